The molecule has 3 N–H and O–H groups in total. The van der Waals surface area contributed by atoms with E-state index in [9.17, 15) is 0 Å². The molecule has 0 bridgehead atoms. The fourth-order valence-electron chi connectivity index (χ4n) is 1.15. The monoisotopic (exact) mass is 220 g/mol. The third kappa shape index (κ3) is 6.50. The van der Waals surface area contributed by atoms with Gasteiger partial charge in [-0.2, -0.15) is 0 Å². The van der Waals surface area contributed by atoms with Crippen molar-refractivity contribution in [2.45, 2.75) is 32.0 Å². The van der Waals surface area contributed by atoms with Crippen LogP contribution < -0.4 is 11.1 Å². The normalized spacial score (nSPS) is 14.4. The predicted octanol–water partition coefficient (Wildman–Crippen LogP) is 0.678. The highest BCUT2D eigenvalue weighted by Crippen LogP contribution is 2.12. The summed E-state index contributed by atoms with van der Waals surface area (Å²) in [4.78, 5) is 0. The molecule has 0 rings (SSSR count). The number of nitrogens with two attached hydrogens (primary N) is 1. The highest BCUT2D eigenvalue weighted by molar-refractivity contribution is 6.65. The Kier molecular flexibility index (Phi) is 7.39. The summed E-state index contributed by atoms with van der Waals surface area (Å²) < 4.78 is 10.8. The van der Waals surface area contributed by atoms with Crippen molar-refractivity contribution >= 4 is 8.56 Å². The molecule has 1 unspecified atom stereocenters. The van der Waals surface area contributed by atoms with Crippen LogP contribution in [0.3, 0.4) is 0 Å². The minimum Gasteiger partial charge on any atom is -0.398 e. The number of hydrogen-bond acceptors (Lipinski definition) is 4. The summed E-state index contributed by atoms with van der Waals surface area (Å²) in [6, 6.07) is 1.25. The second kappa shape index (κ2) is 7.36. The maximum atomic E-state index is 5.61. The topological polar surface area (TPSA) is 56.5 Å². The molecule has 5 heteroatoms. The van der Waals surface area contributed by atoms with Crippen molar-refractivity contribution in [2.75, 3.05) is 27.3 Å². The lowest BCUT2D eigenvalue weighted by Crippen LogP contribution is -2.37. The second-order valence-corrected chi connectivity index (χ2v) is 7.41. The average Bonchev–Trinajstić information content (AvgIpc) is 2.16. The summed E-state index contributed by atoms with van der Waals surface area (Å²) in [6.45, 7) is 5.93. The molecule has 0 aliphatic rings. The molecule has 4 nitrogen and oxygen atoms in total. The molecule has 1 atom stereocenters. The Balaban J connectivity index is 3.43. The quantitative estimate of drug-likeness (QED) is 0.466. The fourth-order valence-corrected chi connectivity index (χ4v) is 2.55. The lowest BCUT2D eigenvalue weighted by atomic mass is 10.3. The molecule has 0 spiro atoms. The van der Waals surface area contributed by atoms with E-state index in [2.05, 4.69) is 11.9 Å². The van der Waals surface area contributed by atoms with Gasteiger partial charge in [0.15, 0.2) is 0 Å². The molecular weight excluding hydrogens is 196 g/mol. The molecule has 0 aromatic carbocycles. The standard InChI is InChI=1S/C9H24N2O2Si/c1-9(10)8-11-6-5-7-14(4,12-2)13-3/h9,11H,5-8,10H2,1-4H3. The molecule has 0 amide bonds. The highest BCUT2D eigenvalue weighted by Gasteiger charge is 2.27. The summed E-state index contributed by atoms with van der Waals surface area (Å²) in [5.41, 5.74) is 5.61. The molecule has 0 saturated heterocycles. The van der Waals surface area contributed by atoms with E-state index in [1.165, 1.54) is 0 Å². The van der Waals surface area contributed by atoms with Gasteiger partial charge in [0.1, 0.15) is 0 Å². The Labute approximate surface area is 88.4 Å². The van der Waals surface area contributed by atoms with Crippen molar-refractivity contribution in [1.82, 2.24) is 5.32 Å². The molecule has 14 heavy (non-hydrogen) atoms. The first-order valence-electron chi connectivity index (χ1n) is 5.10. The van der Waals surface area contributed by atoms with E-state index in [0.717, 1.165) is 25.6 Å². The van der Waals surface area contributed by atoms with E-state index in [4.69, 9.17) is 14.6 Å². The van der Waals surface area contributed by atoms with Crippen molar-refractivity contribution in [1.29, 1.82) is 0 Å². The first-order valence-corrected chi connectivity index (χ1v) is 7.63. The van der Waals surface area contributed by atoms with Gasteiger partial charge in [0.2, 0.25) is 0 Å². The van der Waals surface area contributed by atoms with Gasteiger partial charge in [-0.25, -0.2) is 0 Å². The van der Waals surface area contributed by atoms with Gasteiger partial charge in [0, 0.05) is 26.8 Å². The maximum absolute atomic E-state index is 5.61. The van der Waals surface area contributed by atoms with Gasteiger partial charge in [0.25, 0.3) is 0 Å². The van der Waals surface area contributed by atoms with E-state index in [-0.39, 0.29) is 6.04 Å². The maximum Gasteiger partial charge on any atom is 0.334 e. The number of hydrogen-bond donors (Lipinski definition) is 2. The smallest absolute Gasteiger partial charge is 0.334 e. The third-order valence-corrected chi connectivity index (χ3v) is 5.30. The Morgan fingerprint density at radius 3 is 2.36 bits per heavy atom. The molecule has 0 aromatic heterocycles. The number of nitrogens with one attached hydrogen (secondary N) is 1. The van der Waals surface area contributed by atoms with Crippen molar-refractivity contribution in [2.24, 2.45) is 5.73 Å². The Morgan fingerprint density at radius 2 is 1.93 bits per heavy atom. The van der Waals surface area contributed by atoms with Gasteiger partial charge in [0.05, 0.1) is 0 Å². The molecule has 0 fully saturated rings. The van der Waals surface area contributed by atoms with Gasteiger partial charge in [-0.3, -0.25) is 0 Å². The van der Waals surface area contributed by atoms with Crippen LogP contribution in [-0.4, -0.2) is 41.9 Å². The Bertz CT molecular complexity index is 141. The van der Waals surface area contributed by atoms with Crippen LogP contribution in [0.25, 0.3) is 0 Å². The van der Waals surface area contributed by atoms with Gasteiger partial charge in [-0.15, -0.1) is 0 Å². The summed E-state index contributed by atoms with van der Waals surface area (Å²) in [5, 5.41) is 3.29. The predicted molar refractivity (Wildman–Crippen MR) is 61.6 cm³/mol. The molecule has 0 radical (unpaired) electrons. The van der Waals surface area contributed by atoms with Gasteiger partial charge < -0.3 is 19.9 Å². The lowest BCUT2D eigenvalue weighted by Gasteiger charge is -2.22. The Morgan fingerprint density at radius 1 is 1.36 bits per heavy atom. The molecule has 86 valence electrons. The van der Waals surface area contributed by atoms with Crippen LogP contribution in [0.4, 0.5) is 0 Å². The molecule has 0 heterocycles. The van der Waals surface area contributed by atoms with Crippen molar-refractivity contribution in [3.8, 4) is 0 Å². The van der Waals surface area contributed by atoms with Crippen LogP contribution in [0.2, 0.25) is 12.6 Å². The van der Waals surface area contributed by atoms with Crippen LogP contribution in [-0.2, 0) is 8.85 Å². The third-order valence-electron chi connectivity index (χ3n) is 2.31. The Hall–Kier alpha value is 0.0569. The minimum absolute atomic E-state index is 0.225. The largest absolute Gasteiger partial charge is 0.398 e. The van der Waals surface area contributed by atoms with Crippen molar-refractivity contribution in [3.63, 3.8) is 0 Å². The zero-order valence-electron chi connectivity index (χ0n) is 9.80. The molecule has 0 saturated carbocycles. The second-order valence-electron chi connectivity index (χ2n) is 3.83. The zero-order chi connectivity index (χ0) is 11.0. The molecular formula is C9H24N2O2Si. The van der Waals surface area contributed by atoms with Gasteiger partial charge in [-0.1, -0.05) is 0 Å². The van der Waals surface area contributed by atoms with Crippen molar-refractivity contribution in [3.05, 3.63) is 0 Å². The van der Waals surface area contributed by atoms with E-state index in [1.807, 2.05) is 6.92 Å². The lowest BCUT2D eigenvalue weighted by molar-refractivity contribution is 0.248. The van der Waals surface area contributed by atoms with E-state index in [1.54, 1.807) is 14.2 Å². The summed E-state index contributed by atoms with van der Waals surface area (Å²) in [7, 11) is 1.61. The van der Waals surface area contributed by atoms with E-state index >= 15 is 0 Å². The molecule has 0 aliphatic carbocycles. The first-order chi connectivity index (χ1) is 6.54. The van der Waals surface area contributed by atoms with E-state index < -0.39 is 8.56 Å². The average molecular weight is 220 g/mol. The van der Waals surface area contributed by atoms with Crippen LogP contribution >= 0.6 is 0 Å². The van der Waals surface area contributed by atoms with Crippen LogP contribution in [0.15, 0.2) is 0 Å². The first kappa shape index (κ1) is 14.1. The van der Waals surface area contributed by atoms with Crippen molar-refractivity contribution < 1.29 is 8.85 Å². The fraction of sp³-hybridized carbons (Fsp3) is 1.00. The molecule has 0 aliphatic heterocycles. The van der Waals surface area contributed by atoms with E-state index in [0.29, 0.717) is 0 Å². The summed E-state index contributed by atoms with van der Waals surface area (Å²) >= 11 is 0. The summed E-state index contributed by atoms with van der Waals surface area (Å²) in [6.07, 6.45) is 1.08. The van der Waals surface area contributed by atoms with Crippen LogP contribution in [0.5, 0.6) is 0 Å². The van der Waals surface area contributed by atoms with Gasteiger partial charge in [-0.05, 0) is 32.5 Å². The zero-order valence-corrected chi connectivity index (χ0v) is 10.8. The molecule has 0 aromatic rings. The SMILES string of the molecule is CO[Si](C)(CCCNCC(C)N)OC. The number of rotatable bonds is 8. The summed E-state index contributed by atoms with van der Waals surface area (Å²) in [5.74, 6) is 0. The van der Waals surface area contributed by atoms with Crippen LogP contribution in [0.1, 0.15) is 13.3 Å². The minimum atomic E-state index is -1.85. The van der Waals surface area contributed by atoms with Gasteiger partial charge >= 0.3 is 8.56 Å². The highest BCUT2D eigenvalue weighted by atomic mass is 28.4. The van der Waals surface area contributed by atoms with Crippen LogP contribution in [0, 0.1) is 0 Å².